The predicted molar refractivity (Wildman–Crippen MR) is 110 cm³/mol. The van der Waals surface area contributed by atoms with E-state index in [1.54, 1.807) is 6.20 Å². The van der Waals surface area contributed by atoms with E-state index in [1.165, 1.54) is 17.3 Å². The monoisotopic (exact) mass is 386 g/mol. The third kappa shape index (κ3) is 3.48. The normalized spacial score (nSPS) is 13.4. The van der Waals surface area contributed by atoms with Crippen molar-refractivity contribution in [3.8, 4) is 22.5 Å². The number of aromatic amines is 1. The molecular weight excluding hydrogens is 367 g/mol. The number of nitrogens with one attached hydrogen (secondary N) is 2. The zero-order chi connectivity index (χ0) is 19.8. The summed E-state index contributed by atoms with van der Waals surface area (Å²) in [4.78, 5) is 10.9. The summed E-state index contributed by atoms with van der Waals surface area (Å²) >= 11 is 0. The molecule has 0 saturated carbocycles. The van der Waals surface area contributed by atoms with Gasteiger partial charge in [-0.2, -0.15) is 5.10 Å². The quantitative estimate of drug-likeness (QED) is 0.545. The molecule has 2 aromatic heterocycles. The zero-order valence-electron chi connectivity index (χ0n) is 15.9. The molecule has 1 aliphatic heterocycles. The number of halogens is 1. The molecule has 3 heterocycles. The van der Waals surface area contributed by atoms with E-state index >= 15 is 0 Å². The Kier molecular flexibility index (Phi) is 4.29. The molecule has 0 saturated heterocycles. The second kappa shape index (κ2) is 7.10. The lowest BCUT2D eigenvalue weighted by molar-refractivity contribution is 0.353. The zero-order valence-corrected chi connectivity index (χ0v) is 15.9. The van der Waals surface area contributed by atoms with E-state index in [9.17, 15) is 4.39 Å². The maximum absolute atomic E-state index is 14.3. The Morgan fingerprint density at radius 1 is 0.966 bits per heavy atom. The highest BCUT2D eigenvalue weighted by Gasteiger charge is 2.17. The lowest BCUT2D eigenvalue weighted by Crippen LogP contribution is -2.07. The van der Waals surface area contributed by atoms with Gasteiger partial charge in [-0.25, -0.2) is 14.4 Å². The average Bonchev–Trinajstić information content (AvgIpc) is 3.38. The second-order valence-corrected chi connectivity index (χ2v) is 7.24. The molecule has 4 aromatic rings. The summed E-state index contributed by atoms with van der Waals surface area (Å²) in [6.07, 6.45) is 4.80. The van der Waals surface area contributed by atoms with Crippen LogP contribution in [-0.2, 0) is 13.1 Å². The number of hydrogen-bond acceptors (Lipinski definition) is 5. The van der Waals surface area contributed by atoms with Gasteiger partial charge in [-0.05, 0) is 41.9 Å². The summed E-state index contributed by atoms with van der Waals surface area (Å²) in [6, 6.07) is 13.9. The Bertz CT molecular complexity index is 1150. The maximum atomic E-state index is 14.3. The lowest BCUT2D eigenvalue weighted by Gasteiger charge is -2.09. The van der Waals surface area contributed by atoms with Crippen molar-refractivity contribution in [3.05, 3.63) is 78.0 Å². The number of nitrogens with zero attached hydrogens (tertiary/aromatic N) is 4. The van der Waals surface area contributed by atoms with Crippen LogP contribution in [0.3, 0.4) is 0 Å². The third-order valence-electron chi connectivity index (χ3n) is 5.07. The summed E-state index contributed by atoms with van der Waals surface area (Å²) in [5.74, 6) is 0.165. The molecule has 0 bridgehead atoms. The molecule has 0 unspecified atom stereocenters. The van der Waals surface area contributed by atoms with Crippen LogP contribution in [0, 0.1) is 5.82 Å². The Labute approximate surface area is 167 Å². The van der Waals surface area contributed by atoms with Gasteiger partial charge in [-0.15, -0.1) is 0 Å². The fraction of sp³-hybridized carbons (Fsp3) is 0.136. The van der Waals surface area contributed by atoms with Gasteiger partial charge in [0, 0.05) is 36.1 Å². The van der Waals surface area contributed by atoms with Crippen LogP contribution in [0.5, 0.6) is 0 Å². The molecule has 5 rings (SSSR count). The van der Waals surface area contributed by atoms with Crippen LogP contribution in [0.1, 0.15) is 11.1 Å². The first-order chi connectivity index (χ1) is 14.2. The molecule has 2 N–H and O–H groups in total. The molecule has 7 heteroatoms. The van der Waals surface area contributed by atoms with Gasteiger partial charge in [0.2, 0.25) is 0 Å². The fourth-order valence-electron chi connectivity index (χ4n) is 3.59. The largest absolute Gasteiger partial charge is 0.338 e. The van der Waals surface area contributed by atoms with Gasteiger partial charge in [0.15, 0.2) is 17.5 Å². The highest BCUT2D eigenvalue weighted by Crippen LogP contribution is 2.28. The Morgan fingerprint density at radius 2 is 1.76 bits per heavy atom. The van der Waals surface area contributed by atoms with E-state index in [1.807, 2.05) is 36.5 Å². The number of benzene rings is 2. The molecule has 2 aromatic carbocycles. The number of anilines is 2. The van der Waals surface area contributed by atoms with E-state index < -0.39 is 5.82 Å². The van der Waals surface area contributed by atoms with Crippen LogP contribution >= 0.6 is 0 Å². The average molecular weight is 386 g/mol. The number of fused-ring (bicyclic) bond motifs is 1. The van der Waals surface area contributed by atoms with Gasteiger partial charge < -0.3 is 5.32 Å². The molecule has 6 nitrogen and oxygen atoms in total. The highest BCUT2D eigenvalue weighted by atomic mass is 19.1. The van der Waals surface area contributed by atoms with E-state index in [0.29, 0.717) is 5.82 Å². The summed E-state index contributed by atoms with van der Waals surface area (Å²) in [7, 11) is 2.09. The molecule has 0 fully saturated rings. The lowest BCUT2D eigenvalue weighted by atomic mass is 10.1. The first-order valence-corrected chi connectivity index (χ1v) is 9.35. The van der Waals surface area contributed by atoms with Gasteiger partial charge >= 0.3 is 0 Å². The first-order valence-electron chi connectivity index (χ1n) is 9.35. The van der Waals surface area contributed by atoms with Crippen molar-refractivity contribution >= 4 is 11.5 Å². The fourth-order valence-corrected chi connectivity index (χ4v) is 3.59. The van der Waals surface area contributed by atoms with Crippen LogP contribution in [0.4, 0.5) is 15.9 Å². The smallest absolute Gasteiger partial charge is 0.184 e. The van der Waals surface area contributed by atoms with Crippen molar-refractivity contribution in [1.82, 2.24) is 25.1 Å². The number of aromatic nitrogens is 4. The van der Waals surface area contributed by atoms with Crippen LogP contribution in [0.25, 0.3) is 22.5 Å². The minimum Gasteiger partial charge on any atom is -0.338 e. The third-order valence-corrected chi connectivity index (χ3v) is 5.07. The van der Waals surface area contributed by atoms with Gasteiger partial charge in [0.1, 0.15) is 0 Å². The van der Waals surface area contributed by atoms with Crippen molar-refractivity contribution in [3.63, 3.8) is 0 Å². The van der Waals surface area contributed by atoms with Crippen molar-refractivity contribution in [2.75, 3.05) is 12.4 Å². The highest BCUT2D eigenvalue weighted by molar-refractivity contribution is 5.67. The first kappa shape index (κ1) is 17.5. The number of hydrogen-bond donors (Lipinski definition) is 2. The molecule has 0 atom stereocenters. The number of rotatable bonds is 4. The molecule has 0 aliphatic carbocycles. The topological polar surface area (TPSA) is 69.7 Å². The van der Waals surface area contributed by atoms with Crippen molar-refractivity contribution < 1.29 is 4.39 Å². The van der Waals surface area contributed by atoms with Crippen molar-refractivity contribution in [2.24, 2.45) is 0 Å². The summed E-state index contributed by atoms with van der Waals surface area (Å²) in [5.41, 5.74) is 6.23. The van der Waals surface area contributed by atoms with Crippen LogP contribution in [0.2, 0.25) is 0 Å². The van der Waals surface area contributed by atoms with Gasteiger partial charge in [0.05, 0.1) is 12.4 Å². The van der Waals surface area contributed by atoms with Crippen LogP contribution in [-0.4, -0.2) is 32.1 Å². The minimum atomic E-state index is -0.492. The predicted octanol–water partition coefficient (Wildman–Crippen LogP) is 4.36. The molecule has 0 spiro atoms. The van der Waals surface area contributed by atoms with E-state index in [4.69, 9.17) is 0 Å². The standard InChI is InChI=1S/C22H19FN6/c1-29-12-16-3-2-15(8-17(16)13-29)21-24-11-20(23)22(28-21)27-19-6-4-14(5-7-19)18-9-25-26-10-18/h2-11H,12-13H2,1H3,(H,25,26)(H,24,27,28). The molecule has 29 heavy (non-hydrogen) atoms. The number of H-pyrrole nitrogens is 1. The van der Waals surface area contributed by atoms with Crippen LogP contribution in [0.15, 0.2) is 61.1 Å². The molecular formula is C22H19FN6. The molecule has 144 valence electrons. The summed E-state index contributed by atoms with van der Waals surface area (Å²) in [5, 5.41) is 9.81. The summed E-state index contributed by atoms with van der Waals surface area (Å²) in [6.45, 7) is 1.85. The van der Waals surface area contributed by atoms with E-state index in [2.05, 4.69) is 49.6 Å². The Balaban J connectivity index is 1.41. The Morgan fingerprint density at radius 3 is 2.55 bits per heavy atom. The van der Waals surface area contributed by atoms with Crippen molar-refractivity contribution in [1.29, 1.82) is 0 Å². The SMILES string of the molecule is CN1Cc2ccc(-c3ncc(F)c(Nc4ccc(-c5cn[nH]c5)cc4)n3)cc2C1. The molecule has 0 amide bonds. The molecule has 0 radical (unpaired) electrons. The van der Waals surface area contributed by atoms with E-state index in [0.717, 1.165) is 35.5 Å². The Hall–Kier alpha value is -3.58. The molecule has 1 aliphatic rings. The van der Waals surface area contributed by atoms with Gasteiger partial charge in [0.25, 0.3) is 0 Å². The maximum Gasteiger partial charge on any atom is 0.184 e. The van der Waals surface area contributed by atoms with Crippen LogP contribution < -0.4 is 5.32 Å². The van der Waals surface area contributed by atoms with E-state index in [-0.39, 0.29) is 5.82 Å². The summed E-state index contributed by atoms with van der Waals surface area (Å²) < 4.78 is 14.3. The van der Waals surface area contributed by atoms with Gasteiger partial charge in [-0.1, -0.05) is 24.3 Å². The van der Waals surface area contributed by atoms with Gasteiger partial charge in [-0.3, -0.25) is 10.00 Å². The van der Waals surface area contributed by atoms with Crippen molar-refractivity contribution in [2.45, 2.75) is 13.1 Å². The minimum absolute atomic E-state index is 0.156. The second-order valence-electron chi connectivity index (χ2n) is 7.24.